The molecule has 0 unspecified atom stereocenters. The van der Waals surface area contributed by atoms with Gasteiger partial charge in [-0.2, -0.15) is 0 Å². The fraction of sp³-hybridized carbons (Fsp3) is 0.500. The molecule has 1 aliphatic rings. The van der Waals surface area contributed by atoms with Crippen LogP contribution in [-0.2, 0) is 11.3 Å². The summed E-state index contributed by atoms with van der Waals surface area (Å²) in [5, 5.41) is 5.52. The number of carbonyl (C=O) groups is 1. The van der Waals surface area contributed by atoms with Gasteiger partial charge in [-0.3, -0.25) is 9.69 Å². The third-order valence-electron chi connectivity index (χ3n) is 3.74. The molecule has 2 aromatic rings. The minimum atomic E-state index is -0.0656. The highest BCUT2D eigenvalue weighted by molar-refractivity contribution is 7.13. The van der Waals surface area contributed by atoms with Crippen molar-refractivity contribution in [2.75, 3.05) is 18.4 Å². The molecule has 7 heteroatoms. The van der Waals surface area contributed by atoms with Gasteiger partial charge in [0.05, 0.1) is 12.2 Å². The zero-order chi connectivity index (χ0) is 14.7. The Labute approximate surface area is 127 Å². The maximum absolute atomic E-state index is 11.0. The molecule has 0 atom stereocenters. The summed E-state index contributed by atoms with van der Waals surface area (Å²) in [5.74, 6) is 1.45. The van der Waals surface area contributed by atoms with Crippen molar-refractivity contribution in [3.63, 3.8) is 0 Å². The van der Waals surface area contributed by atoms with Gasteiger partial charge in [0.1, 0.15) is 5.82 Å². The van der Waals surface area contributed by atoms with E-state index >= 15 is 0 Å². The predicted molar refractivity (Wildman–Crippen MR) is 82.3 cm³/mol. The monoisotopic (exact) mass is 305 g/mol. The molecule has 1 fully saturated rings. The Bertz CT molecular complexity index is 586. The summed E-state index contributed by atoms with van der Waals surface area (Å²) in [4.78, 5) is 25.4. The Hall–Kier alpha value is -1.73. The van der Waals surface area contributed by atoms with E-state index in [1.165, 1.54) is 18.3 Å². The standard InChI is InChI=1S/C14H19N5OS/c1-10(20)17-14-18-12(9-21-14)11-2-6-19(7-3-11)8-13-15-4-5-16-13/h4-5,9,11H,2-3,6-8H2,1H3,(H,15,16)(H,17,18,20). The van der Waals surface area contributed by atoms with E-state index in [4.69, 9.17) is 0 Å². The first kappa shape index (κ1) is 14.2. The Morgan fingerprint density at radius 2 is 2.33 bits per heavy atom. The van der Waals surface area contributed by atoms with Gasteiger partial charge in [0.15, 0.2) is 5.13 Å². The van der Waals surface area contributed by atoms with E-state index in [9.17, 15) is 4.79 Å². The molecule has 0 aromatic carbocycles. The van der Waals surface area contributed by atoms with Crippen molar-refractivity contribution in [3.8, 4) is 0 Å². The van der Waals surface area contributed by atoms with E-state index in [0.717, 1.165) is 44.0 Å². The van der Waals surface area contributed by atoms with Gasteiger partial charge in [-0.1, -0.05) is 0 Å². The number of rotatable bonds is 4. The largest absolute Gasteiger partial charge is 0.348 e. The van der Waals surface area contributed by atoms with Crippen LogP contribution in [0.25, 0.3) is 0 Å². The van der Waals surface area contributed by atoms with E-state index in [1.807, 2.05) is 6.20 Å². The summed E-state index contributed by atoms with van der Waals surface area (Å²) >= 11 is 1.50. The third-order valence-corrected chi connectivity index (χ3v) is 4.51. The van der Waals surface area contributed by atoms with Crippen molar-refractivity contribution < 1.29 is 4.79 Å². The maximum atomic E-state index is 11.0. The minimum Gasteiger partial charge on any atom is -0.348 e. The summed E-state index contributed by atoms with van der Waals surface area (Å²) in [7, 11) is 0. The number of hydrogen-bond acceptors (Lipinski definition) is 5. The number of thiazole rings is 1. The Morgan fingerprint density at radius 3 is 3.00 bits per heavy atom. The summed E-state index contributed by atoms with van der Waals surface area (Å²) in [5.41, 5.74) is 1.11. The van der Waals surface area contributed by atoms with Gasteiger partial charge in [-0.05, 0) is 25.9 Å². The van der Waals surface area contributed by atoms with Crippen LogP contribution in [-0.4, -0.2) is 38.8 Å². The van der Waals surface area contributed by atoms with E-state index in [0.29, 0.717) is 11.0 Å². The first-order chi connectivity index (χ1) is 10.2. The highest BCUT2D eigenvalue weighted by Crippen LogP contribution is 2.30. The van der Waals surface area contributed by atoms with Gasteiger partial charge < -0.3 is 10.3 Å². The number of H-pyrrole nitrogens is 1. The molecule has 0 radical (unpaired) electrons. The average Bonchev–Trinajstić information content (AvgIpc) is 3.11. The van der Waals surface area contributed by atoms with E-state index < -0.39 is 0 Å². The summed E-state index contributed by atoms with van der Waals surface area (Å²) in [6.45, 7) is 4.50. The number of nitrogens with one attached hydrogen (secondary N) is 2. The Balaban J connectivity index is 1.53. The zero-order valence-corrected chi connectivity index (χ0v) is 12.8. The molecule has 2 N–H and O–H groups in total. The predicted octanol–water partition coefficient (Wildman–Crippen LogP) is 2.20. The fourth-order valence-electron chi connectivity index (χ4n) is 2.66. The zero-order valence-electron chi connectivity index (χ0n) is 12.0. The molecule has 0 bridgehead atoms. The number of anilines is 1. The molecule has 2 aromatic heterocycles. The van der Waals surface area contributed by atoms with E-state index in [2.05, 4.69) is 30.5 Å². The SMILES string of the molecule is CC(=O)Nc1nc(C2CCN(Cc3ncc[nH]3)CC2)cs1. The molecule has 0 spiro atoms. The fourth-order valence-corrected chi connectivity index (χ4v) is 3.50. The lowest BCUT2D eigenvalue weighted by Gasteiger charge is -2.30. The van der Waals surface area contributed by atoms with Crippen molar-refractivity contribution >= 4 is 22.4 Å². The maximum Gasteiger partial charge on any atom is 0.223 e. The summed E-state index contributed by atoms with van der Waals surface area (Å²) < 4.78 is 0. The molecule has 1 saturated heterocycles. The van der Waals surface area contributed by atoms with Crippen LogP contribution in [0.2, 0.25) is 0 Å². The number of imidazole rings is 1. The van der Waals surface area contributed by atoms with Crippen molar-refractivity contribution in [3.05, 3.63) is 29.3 Å². The molecule has 1 aliphatic heterocycles. The molecule has 6 nitrogen and oxygen atoms in total. The molecule has 0 saturated carbocycles. The topological polar surface area (TPSA) is 73.9 Å². The number of hydrogen-bond donors (Lipinski definition) is 2. The van der Waals surface area contributed by atoms with E-state index in [1.54, 1.807) is 6.20 Å². The summed E-state index contributed by atoms with van der Waals surface area (Å²) in [6.07, 6.45) is 5.86. The molecule has 3 rings (SSSR count). The van der Waals surface area contributed by atoms with Gasteiger partial charge in [0.25, 0.3) is 0 Å². The van der Waals surface area contributed by atoms with Crippen LogP contribution in [0.3, 0.4) is 0 Å². The number of amides is 1. The van der Waals surface area contributed by atoms with E-state index in [-0.39, 0.29) is 5.91 Å². The number of aromatic nitrogens is 3. The smallest absolute Gasteiger partial charge is 0.223 e. The highest BCUT2D eigenvalue weighted by atomic mass is 32.1. The average molecular weight is 305 g/mol. The van der Waals surface area contributed by atoms with Gasteiger partial charge in [-0.15, -0.1) is 11.3 Å². The van der Waals surface area contributed by atoms with Crippen LogP contribution >= 0.6 is 11.3 Å². The van der Waals surface area contributed by atoms with Crippen LogP contribution in [0.1, 0.15) is 37.2 Å². The number of carbonyl (C=O) groups excluding carboxylic acids is 1. The second-order valence-corrected chi connectivity index (χ2v) is 6.20. The quantitative estimate of drug-likeness (QED) is 0.908. The lowest BCUT2D eigenvalue weighted by Crippen LogP contribution is -2.32. The van der Waals surface area contributed by atoms with Crippen LogP contribution in [0.4, 0.5) is 5.13 Å². The second kappa shape index (κ2) is 6.36. The molecule has 112 valence electrons. The molecular weight excluding hydrogens is 286 g/mol. The normalized spacial score (nSPS) is 17.0. The number of nitrogens with zero attached hydrogens (tertiary/aromatic N) is 3. The second-order valence-electron chi connectivity index (χ2n) is 5.35. The van der Waals surface area contributed by atoms with Crippen molar-refractivity contribution in [1.82, 2.24) is 19.9 Å². The Kier molecular flexibility index (Phi) is 4.31. The number of aromatic amines is 1. The molecule has 1 amide bonds. The molecular formula is C14H19N5OS. The highest BCUT2D eigenvalue weighted by Gasteiger charge is 2.23. The van der Waals surface area contributed by atoms with Gasteiger partial charge in [0.2, 0.25) is 5.91 Å². The first-order valence-corrected chi connectivity index (χ1v) is 8.02. The lowest BCUT2D eigenvalue weighted by molar-refractivity contribution is -0.114. The molecule has 21 heavy (non-hydrogen) atoms. The third kappa shape index (κ3) is 3.68. The van der Waals surface area contributed by atoms with Crippen LogP contribution in [0.5, 0.6) is 0 Å². The number of likely N-dealkylation sites (tertiary alicyclic amines) is 1. The lowest BCUT2D eigenvalue weighted by atomic mass is 9.94. The minimum absolute atomic E-state index is 0.0656. The number of piperidine rings is 1. The first-order valence-electron chi connectivity index (χ1n) is 7.14. The summed E-state index contributed by atoms with van der Waals surface area (Å²) in [6, 6.07) is 0. The van der Waals surface area contributed by atoms with Gasteiger partial charge in [0, 0.05) is 30.6 Å². The van der Waals surface area contributed by atoms with Gasteiger partial charge >= 0.3 is 0 Å². The van der Waals surface area contributed by atoms with Crippen LogP contribution < -0.4 is 5.32 Å². The van der Waals surface area contributed by atoms with Crippen molar-refractivity contribution in [2.45, 2.75) is 32.2 Å². The van der Waals surface area contributed by atoms with Crippen molar-refractivity contribution in [2.24, 2.45) is 0 Å². The molecule has 3 heterocycles. The van der Waals surface area contributed by atoms with Gasteiger partial charge in [-0.25, -0.2) is 9.97 Å². The Morgan fingerprint density at radius 1 is 1.52 bits per heavy atom. The van der Waals surface area contributed by atoms with Crippen molar-refractivity contribution in [1.29, 1.82) is 0 Å². The van der Waals surface area contributed by atoms with Crippen LogP contribution in [0, 0.1) is 0 Å². The van der Waals surface area contributed by atoms with Crippen LogP contribution in [0.15, 0.2) is 17.8 Å². The molecule has 0 aliphatic carbocycles.